The van der Waals surface area contributed by atoms with Crippen molar-refractivity contribution in [1.29, 1.82) is 0 Å². The van der Waals surface area contributed by atoms with Crippen molar-refractivity contribution in [2.45, 2.75) is 19.3 Å². The maximum Gasteiger partial charge on any atom is 0.141 e. The third kappa shape index (κ3) is 3.41. The minimum Gasteiger partial charge on any atom is -0.506 e. The van der Waals surface area contributed by atoms with Gasteiger partial charge in [-0.1, -0.05) is 61.8 Å². The number of benzene rings is 3. The second-order valence-electron chi connectivity index (χ2n) is 8.85. The summed E-state index contributed by atoms with van der Waals surface area (Å²) in [6.45, 7) is 4.29. The van der Waals surface area contributed by atoms with Gasteiger partial charge in [0, 0.05) is 48.6 Å². The first-order chi connectivity index (χ1) is 16.0. The molecule has 1 N–H and O–H groups in total. The maximum atomic E-state index is 10.3. The molecule has 0 radical (unpaired) electrons. The van der Waals surface area contributed by atoms with Gasteiger partial charge in [-0.05, 0) is 35.7 Å². The Kier molecular flexibility index (Phi) is 5.48. The standard InChI is InChI=1S/C29H22N3O.Pd/c1-29(2,26-16-13-19-8-7-11-25(33)28(19)31-26)20-14-15-22-21-9-3-4-10-23(21)32(24(22)18-20)27-12-5-6-17-30-27;/h3-17,33H,1-2H3;/q-1;. The van der Waals surface area contributed by atoms with Crippen LogP contribution in [0.3, 0.4) is 0 Å². The van der Waals surface area contributed by atoms with Crippen molar-refractivity contribution in [1.82, 2.24) is 14.5 Å². The number of rotatable bonds is 3. The van der Waals surface area contributed by atoms with Gasteiger partial charge in [-0.2, -0.15) is 18.2 Å². The summed E-state index contributed by atoms with van der Waals surface area (Å²) in [7, 11) is 0. The summed E-state index contributed by atoms with van der Waals surface area (Å²) in [6, 6.07) is 31.9. The van der Waals surface area contributed by atoms with E-state index >= 15 is 0 Å². The van der Waals surface area contributed by atoms with Crippen LogP contribution < -0.4 is 0 Å². The van der Waals surface area contributed by atoms with E-state index in [0.29, 0.717) is 5.52 Å². The molecule has 3 aromatic heterocycles. The number of hydrogen-bond donors (Lipinski definition) is 1. The van der Waals surface area contributed by atoms with Gasteiger partial charge in [-0.3, -0.25) is 0 Å². The van der Waals surface area contributed by atoms with Gasteiger partial charge in [-0.15, -0.1) is 10.9 Å². The minimum atomic E-state index is -0.421. The van der Waals surface area contributed by atoms with E-state index < -0.39 is 5.41 Å². The Morgan fingerprint density at radius 3 is 2.47 bits per heavy atom. The van der Waals surface area contributed by atoms with Crippen molar-refractivity contribution in [3.05, 3.63) is 108 Å². The molecule has 0 aliphatic heterocycles. The predicted octanol–water partition coefficient (Wildman–Crippen LogP) is 6.56. The molecule has 5 heteroatoms. The minimum absolute atomic E-state index is 0. The molecule has 170 valence electrons. The Morgan fingerprint density at radius 2 is 1.65 bits per heavy atom. The predicted molar refractivity (Wildman–Crippen MR) is 133 cm³/mol. The van der Waals surface area contributed by atoms with E-state index in [9.17, 15) is 5.11 Å². The number of aromatic nitrogens is 3. The Balaban J connectivity index is 0.00000241. The van der Waals surface area contributed by atoms with Crippen LogP contribution in [0.15, 0.2) is 91.1 Å². The third-order valence-electron chi connectivity index (χ3n) is 6.47. The molecule has 0 saturated heterocycles. The first-order valence-electron chi connectivity index (χ1n) is 11.0. The summed E-state index contributed by atoms with van der Waals surface area (Å²) in [5.41, 5.74) is 4.20. The molecule has 4 nitrogen and oxygen atoms in total. The first-order valence-corrected chi connectivity index (χ1v) is 11.0. The molecular formula is C29H22N3OPd-. The van der Waals surface area contributed by atoms with E-state index in [2.05, 4.69) is 65.9 Å². The fourth-order valence-corrected chi connectivity index (χ4v) is 4.60. The van der Waals surface area contributed by atoms with Gasteiger partial charge < -0.3 is 9.67 Å². The molecule has 0 bridgehead atoms. The molecule has 0 aliphatic carbocycles. The molecule has 0 amide bonds. The van der Waals surface area contributed by atoms with Crippen LogP contribution in [0.2, 0.25) is 0 Å². The van der Waals surface area contributed by atoms with Crippen LogP contribution in [0, 0.1) is 6.07 Å². The van der Waals surface area contributed by atoms with Crippen molar-refractivity contribution in [2.75, 3.05) is 0 Å². The van der Waals surface area contributed by atoms with Crippen molar-refractivity contribution >= 4 is 32.7 Å². The fraction of sp³-hybridized carbons (Fsp3) is 0.103. The molecule has 0 spiro atoms. The zero-order chi connectivity index (χ0) is 22.6. The van der Waals surface area contributed by atoms with E-state index in [4.69, 9.17) is 4.98 Å². The van der Waals surface area contributed by atoms with E-state index in [1.165, 1.54) is 5.39 Å². The normalized spacial score (nSPS) is 11.7. The number of hydrogen-bond acceptors (Lipinski definition) is 3. The zero-order valence-corrected chi connectivity index (χ0v) is 20.3. The Hall–Kier alpha value is -3.52. The fourth-order valence-electron chi connectivity index (χ4n) is 4.60. The Morgan fingerprint density at radius 1 is 0.824 bits per heavy atom. The van der Waals surface area contributed by atoms with Gasteiger partial charge in [0.05, 0.1) is 0 Å². The quantitative estimate of drug-likeness (QED) is 0.207. The summed E-state index contributed by atoms with van der Waals surface area (Å²) >= 11 is 0. The molecule has 3 aromatic carbocycles. The average molecular weight is 535 g/mol. The number of fused-ring (bicyclic) bond motifs is 4. The van der Waals surface area contributed by atoms with Crippen molar-refractivity contribution in [2.24, 2.45) is 0 Å². The topological polar surface area (TPSA) is 50.9 Å². The summed E-state index contributed by atoms with van der Waals surface area (Å²) in [6.07, 6.45) is 1.81. The third-order valence-corrected chi connectivity index (χ3v) is 6.47. The van der Waals surface area contributed by atoms with Gasteiger partial charge in [0.2, 0.25) is 0 Å². The molecule has 0 aliphatic rings. The average Bonchev–Trinajstić information content (AvgIpc) is 3.18. The van der Waals surface area contributed by atoms with Gasteiger partial charge in [0.1, 0.15) is 17.1 Å². The summed E-state index contributed by atoms with van der Waals surface area (Å²) in [5.74, 6) is 1.06. The molecular weight excluding hydrogens is 513 g/mol. The van der Waals surface area contributed by atoms with Crippen LogP contribution >= 0.6 is 0 Å². The number of phenolic OH excluding ortho intramolecular Hbond substituents is 1. The molecule has 34 heavy (non-hydrogen) atoms. The van der Waals surface area contributed by atoms with E-state index in [1.807, 2.05) is 48.7 Å². The van der Waals surface area contributed by atoms with Crippen LogP contribution in [0.4, 0.5) is 0 Å². The smallest absolute Gasteiger partial charge is 0.141 e. The maximum absolute atomic E-state index is 10.3. The van der Waals surface area contributed by atoms with Gasteiger partial charge in [0.15, 0.2) is 0 Å². The Bertz CT molecular complexity index is 1660. The first kappa shape index (κ1) is 22.3. The molecule has 0 fully saturated rings. The van der Waals surface area contributed by atoms with Crippen molar-refractivity contribution in [3.63, 3.8) is 0 Å². The Labute approximate surface area is 211 Å². The van der Waals surface area contributed by atoms with Gasteiger partial charge >= 0.3 is 0 Å². The number of aromatic hydroxyl groups is 1. The number of nitrogens with zero attached hydrogens (tertiary/aromatic N) is 3. The molecule has 0 saturated carbocycles. The largest absolute Gasteiger partial charge is 0.506 e. The van der Waals surface area contributed by atoms with Crippen LogP contribution in [-0.4, -0.2) is 19.6 Å². The molecule has 0 atom stereocenters. The van der Waals surface area contributed by atoms with Gasteiger partial charge in [0.25, 0.3) is 0 Å². The second kappa shape index (κ2) is 8.36. The van der Waals surface area contributed by atoms with Crippen molar-refractivity contribution < 1.29 is 25.5 Å². The molecule has 6 rings (SSSR count). The number of para-hydroxylation sites is 2. The number of pyridine rings is 2. The molecule has 3 heterocycles. The summed E-state index contributed by atoms with van der Waals surface area (Å²) in [5, 5.41) is 13.6. The number of phenols is 1. The van der Waals surface area contributed by atoms with Crippen LogP contribution in [0.5, 0.6) is 5.75 Å². The van der Waals surface area contributed by atoms with Crippen molar-refractivity contribution in [3.8, 4) is 11.6 Å². The van der Waals surface area contributed by atoms with Gasteiger partial charge in [-0.25, -0.2) is 9.97 Å². The van der Waals surface area contributed by atoms with E-state index in [0.717, 1.165) is 38.9 Å². The van der Waals surface area contributed by atoms with E-state index in [-0.39, 0.29) is 26.2 Å². The zero-order valence-electron chi connectivity index (χ0n) is 18.8. The molecule has 6 aromatic rings. The van der Waals surface area contributed by atoms with Crippen LogP contribution in [-0.2, 0) is 25.8 Å². The second-order valence-corrected chi connectivity index (χ2v) is 8.85. The summed E-state index contributed by atoms with van der Waals surface area (Å²) in [4.78, 5) is 9.46. The monoisotopic (exact) mass is 534 g/mol. The SMILES string of the molecule is CC(C)(c1[c-]c2c(cc1)c1ccccc1n2-c1ccccn1)c1ccc2cccc(O)c2n1.[Pd]. The summed E-state index contributed by atoms with van der Waals surface area (Å²) < 4.78 is 2.17. The van der Waals surface area contributed by atoms with Crippen LogP contribution in [0.25, 0.3) is 38.5 Å². The van der Waals surface area contributed by atoms with Crippen LogP contribution in [0.1, 0.15) is 25.1 Å². The molecule has 0 unspecified atom stereocenters. The van der Waals surface area contributed by atoms with E-state index in [1.54, 1.807) is 6.07 Å².